The van der Waals surface area contributed by atoms with E-state index in [9.17, 15) is 9.59 Å². The molecule has 5 aliphatic rings. The summed E-state index contributed by atoms with van der Waals surface area (Å²) in [6, 6.07) is 10.3. The third-order valence-corrected chi connectivity index (χ3v) is 17.4. The first kappa shape index (κ1) is 64.1. The van der Waals surface area contributed by atoms with Crippen LogP contribution in [-0.2, 0) is 33.5 Å². The molecule has 6 heterocycles. The molecule has 4 aromatic rings. The standard InChI is InChI=1S/C33H42N2O3.C32H35NO3S.C4H9.C2H5/c1-9-22-18-23-13-14-25-28(29(36)33(8)16-11-17-37-20-32(33,6)7)34-30(24-12-10-15-31(24,4)5)35(25)26(23)19-27(22)38-21(2)3;1-8-23-17-24-13-14-27(31-21(3)16-22(4)37-31)33-29(20(2)11-12-25(24)18-28(23)35-7)30(34)26-10-9-15-36-19-32(26,5)6;1-4(2)3;1-2/h1,12,18-19,21H,10-11,13-17,20H2,2-8H3;1,10,13-14,16-18H,9,11-12,15,19H2,2-7H3;4H,1H2,2-3H3;1H2,2H3/b;14-13?,29-20+,33-27?;;. The lowest BCUT2D eigenvalue weighted by atomic mass is 9.62. The Bertz CT molecular complexity index is 3220. The maximum Gasteiger partial charge on any atom is 0.207 e. The van der Waals surface area contributed by atoms with Gasteiger partial charge >= 0.3 is 0 Å². The summed E-state index contributed by atoms with van der Waals surface area (Å²) in [6.07, 6.45) is 27.6. The molecule has 9 nitrogen and oxygen atoms in total. The molecule has 0 amide bonds. The van der Waals surface area contributed by atoms with Crippen molar-refractivity contribution >= 4 is 40.3 Å². The maximum atomic E-state index is 14.6. The molecule has 10 heteroatoms. The van der Waals surface area contributed by atoms with E-state index in [1.807, 2.05) is 45.1 Å². The fourth-order valence-corrected chi connectivity index (χ4v) is 12.4. The summed E-state index contributed by atoms with van der Waals surface area (Å²) in [5, 5.41) is 0. The van der Waals surface area contributed by atoms with Gasteiger partial charge in [-0.25, -0.2) is 9.98 Å². The van der Waals surface area contributed by atoms with Gasteiger partial charge in [0.1, 0.15) is 28.7 Å². The first-order valence-corrected chi connectivity index (χ1v) is 29.9. The summed E-state index contributed by atoms with van der Waals surface area (Å²) in [5.74, 6) is 8.55. The normalized spacial score (nSPS) is 20.6. The molecule has 0 N–H and O–H groups in total. The average molecular weight is 1110 g/mol. The minimum atomic E-state index is -0.560. The summed E-state index contributed by atoms with van der Waals surface area (Å²) in [4.78, 5) is 41.3. The second-order valence-corrected chi connectivity index (χ2v) is 26.1. The fourth-order valence-electron chi connectivity index (χ4n) is 11.4. The Kier molecular flexibility index (Phi) is 21.3. The number of rotatable bonds is 9. The van der Waals surface area contributed by atoms with E-state index in [1.165, 1.54) is 16.0 Å². The SMILES string of the molecule is C#Cc1cc2c(cc1OC(C)C)-n1c(C3=CCCC3(C)C)nc(C(=O)C3(C)CCCOCC3(C)C)c1CC2.C#Cc1cc2c(cc1OC)CC/C(C)=C(\C(=O)C1=CCCOCC1(C)C)N=C(c1sc(C)cc1C)C=C2.[CH2]C.[CH2]C(C)C. The van der Waals surface area contributed by atoms with Crippen LogP contribution in [0.2, 0.25) is 0 Å². The quantitative estimate of drug-likeness (QED) is 0.122. The molecule has 9 rings (SSSR count). The third-order valence-electron chi connectivity index (χ3n) is 16.2. The summed E-state index contributed by atoms with van der Waals surface area (Å²) >= 11 is 1.69. The molecule has 2 aromatic heterocycles. The molecule has 0 saturated carbocycles. The van der Waals surface area contributed by atoms with Gasteiger partial charge in [0.2, 0.25) is 5.78 Å². The lowest BCUT2D eigenvalue weighted by Crippen LogP contribution is -2.44. The molecule has 0 bridgehead atoms. The number of aryl methyl sites for hydroxylation is 4. The Morgan fingerprint density at radius 1 is 0.790 bits per heavy atom. The van der Waals surface area contributed by atoms with Gasteiger partial charge in [-0.1, -0.05) is 113 Å². The van der Waals surface area contributed by atoms with E-state index in [4.69, 9.17) is 41.8 Å². The minimum absolute atomic E-state index is 0.00119. The van der Waals surface area contributed by atoms with Gasteiger partial charge in [-0.3, -0.25) is 14.2 Å². The van der Waals surface area contributed by atoms with Crippen LogP contribution in [0.4, 0.5) is 0 Å². The van der Waals surface area contributed by atoms with Crippen LogP contribution in [0.25, 0.3) is 17.3 Å². The van der Waals surface area contributed by atoms with Crippen LogP contribution >= 0.6 is 11.3 Å². The Morgan fingerprint density at radius 3 is 2.07 bits per heavy atom. The Morgan fingerprint density at radius 2 is 1.46 bits per heavy atom. The molecule has 1 unspecified atom stereocenters. The van der Waals surface area contributed by atoms with Crippen LogP contribution < -0.4 is 9.47 Å². The molecule has 1 fully saturated rings. The number of nitrogens with zero attached hydrogens (tertiary/aromatic N) is 3. The average Bonchev–Trinajstić information content (AvgIpc) is 4.25. The van der Waals surface area contributed by atoms with Crippen LogP contribution in [-0.4, -0.2) is 66.5 Å². The van der Waals surface area contributed by atoms with Crippen LogP contribution in [0, 0.1) is 80.0 Å². The first-order valence-electron chi connectivity index (χ1n) is 29.1. The van der Waals surface area contributed by atoms with Crippen molar-refractivity contribution in [2.75, 3.05) is 33.5 Å². The van der Waals surface area contributed by atoms with Gasteiger partial charge in [0, 0.05) is 39.4 Å². The second-order valence-electron chi connectivity index (χ2n) is 24.9. The monoisotopic (exact) mass is 1110 g/mol. The van der Waals surface area contributed by atoms with E-state index in [1.54, 1.807) is 25.4 Å². The van der Waals surface area contributed by atoms with E-state index in [-0.39, 0.29) is 33.9 Å². The summed E-state index contributed by atoms with van der Waals surface area (Å²) < 4.78 is 25.7. The van der Waals surface area contributed by atoms with Gasteiger partial charge in [-0.05, 0) is 167 Å². The topological polar surface area (TPSA) is 101 Å². The van der Waals surface area contributed by atoms with Crippen molar-refractivity contribution < 1.29 is 28.5 Å². The van der Waals surface area contributed by atoms with Gasteiger partial charge in [0.25, 0.3) is 0 Å². The van der Waals surface area contributed by atoms with Gasteiger partial charge in [-0.2, -0.15) is 0 Å². The number of aromatic nitrogens is 2. The smallest absolute Gasteiger partial charge is 0.207 e. The van der Waals surface area contributed by atoms with E-state index in [0.717, 1.165) is 118 Å². The molecular weight excluding hydrogens is 1020 g/mol. The molecule has 81 heavy (non-hydrogen) atoms. The van der Waals surface area contributed by atoms with Crippen LogP contribution in [0.5, 0.6) is 11.5 Å². The number of Topliss-reactive ketones (excluding diaryl/α,β-unsaturated/α-hetero) is 2. The lowest BCUT2D eigenvalue weighted by molar-refractivity contribution is -0.113. The molecule has 1 saturated heterocycles. The highest BCUT2D eigenvalue weighted by atomic mass is 32.1. The van der Waals surface area contributed by atoms with Crippen molar-refractivity contribution in [1.29, 1.82) is 0 Å². The number of ether oxygens (including phenoxy) is 4. The first-order chi connectivity index (χ1) is 38.3. The van der Waals surface area contributed by atoms with Gasteiger partial charge < -0.3 is 18.9 Å². The molecule has 0 spiro atoms. The van der Waals surface area contributed by atoms with E-state index in [2.05, 4.69) is 137 Å². The van der Waals surface area contributed by atoms with Crippen molar-refractivity contribution in [3.63, 3.8) is 0 Å². The number of thiophene rings is 1. The molecule has 1 aliphatic carbocycles. The van der Waals surface area contributed by atoms with Crippen molar-refractivity contribution in [3.8, 4) is 41.9 Å². The molecule has 1 atom stereocenters. The summed E-state index contributed by atoms with van der Waals surface area (Å²) in [7, 11) is 1.64. The number of allylic oxidation sites excluding steroid dienone is 5. The van der Waals surface area contributed by atoms with Crippen LogP contribution in [0.3, 0.4) is 0 Å². The van der Waals surface area contributed by atoms with Crippen molar-refractivity contribution in [3.05, 3.63) is 140 Å². The number of terminal acetylenes is 2. The lowest BCUT2D eigenvalue weighted by Gasteiger charge is -2.41. The largest absolute Gasteiger partial charge is 0.495 e. The number of methoxy groups -OCH3 is 1. The highest BCUT2D eigenvalue weighted by Gasteiger charge is 2.50. The number of benzene rings is 2. The summed E-state index contributed by atoms with van der Waals surface area (Å²) in [6.45, 7) is 40.5. The highest BCUT2D eigenvalue weighted by Crippen LogP contribution is 2.50. The van der Waals surface area contributed by atoms with E-state index in [0.29, 0.717) is 61.7 Å². The molecule has 2 radical (unpaired) electrons. The number of imidazole rings is 1. The molecule has 432 valence electrons. The zero-order valence-electron chi connectivity index (χ0n) is 51.8. The number of hydrogen-bond donors (Lipinski definition) is 0. The Balaban J connectivity index is 0.000000238. The highest BCUT2D eigenvalue weighted by molar-refractivity contribution is 7.14. The fraction of sp³-hybridized carbons (Fsp3) is 0.493. The zero-order chi connectivity index (χ0) is 59.8. The molecule has 4 aliphatic heterocycles. The number of carbonyl (C=O) groups is 2. The van der Waals surface area contributed by atoms with Gasteiger partial charge in [0.15, 0.2) is 5.78 Å². The number of ketones is 2. The Hall–Kier alpha value is -6.04. The third kappa shape index (κ3) is 14.2. The Labute approximate surface area is 491 Å². The van der Waals surface area contributed by atoms with E-state index < -0.39 is 5.41 Å². The molecule has 2 aromatic carbocycles. The van der Waals surface area contributed by atoms with Gasteiger partial charge in [-0.15, -0.1) is 24.2 Å². The predicted molar refractivity (Wildman–Crippen MR) is 337 cm³/mol. The molecular formula is C71H91N3O6S. The van der Waals surface area contributed by atoms with Crippen LogP contribution in [0.1, 0.15) is 194 Å². The van der Waals surface area contributed by atoms with Crippen molar-refractivity contribution in [1.82, 2.24) is 9.55 Å². The van der Waals surface area contributed by atoms with E-state index >= 15 is 0 Å². The van der Waals surface area contributed by atoms with Crippen molar-refractivity contribution in [2.45, 2.75) is 168 Å². The maximum absolute atomic E-state index is 14.6. The van der Waals surface area contributed by atoms with Crippen molar-refractivity contribution in [2.24, 2.45) is 32.6 Å². The predicted octanol–water partition coefficient (Wildman–Crippen LogP) is 16.3. The number of carbonyl (C=O) groups excluding carboxylic acids is 2. The van der Waals surface area contributed by atoms with Gasteiger partial charge in [0.05, 0.1) is 66.1 Å². The number of hydrogen-bond acceptors (Lipinski definition) is 9. The summed E-state index contributed by atoms with van der Waals surface area (Å²) in [5.41, 5.74) is 11.7. The minimum Gasteiger partial charge on any atom is -0.495 e. The number of fused-ring (bicyclic) bond motifs is 4. The second kappa shape index (κ2) is 26.9. The van der Waals surface area contributed by atoms with Crippen LogP contribution in [0.15, 0.2) is 70.4 Å². The number of aliphatic imine (C=N–C) groups is 1. The zero-order valence-corrected chi connectivity index (χ0v) is 52.6.